The number of aryl methyl sites for hydroxylation is 2. The molecule has 10 heteroatoms. The molecule has 10 nitrogen and oxygen atoms in total. The Labute approximate surface area is 176 Å². The van der Waals surface area contributed by atoms with Crippen molar-refractivity contribution < 1.29 is 14.3 Å². The molecular formula is C21H23N5O5. The van der Waals surface area contributed by atoms with Gasteiger partial charge in [-0.3, -0.25) is 23.1 Å². The van der Waals surface area contributed by atoms with Crippen molar-refractivity contribution >= 4 is 22.9 Å². The predicted molar refractivity (Wildman–Crippen MR) is 114 cm³/mol. The van der Waals surface area contributed by atoms with Crippen LogP contribution in [0.2, 0.25) is 0 Å². The van der Waals surface area contributed by atoms with Crippen LogP contribution in [0.5, 0.6) is 5.75 Å². The van der Waals surface area contributed by atoms with Crippen LogP contribution in [0.1, 0.15) is 18.3 Å². The molecule has 0 bridgehead atoms. The lowest BCUT2D eigenvalue weighted by Crippen LogP contribution is -2.41. The van der Waals surface area contributed by atoms with Gasteiger partial charge < -0.3 is 9.47 Å². The lowest BCUT2D eigenvalue weighted by molar-refractivity contribution is -0.141. The van der Waals surface area contributed by atoms with Crippen LogP contribution in [0.4, 0.5) is 0 Å². The number of hydrogen-bond acceptors (Lipinski definition) is 6. The Morgan fingerprint density at radius 1 is 1.10 bits per heavy atom. The van der Waals surface area contributed by atoms with E-state index in [1.165, 1.54) is 18.7 Å². The Kier molecular flexibility index (Phi) is 4.92. The molecule has 0 aliphatic rings. The number of carbonyl (C=O) groups excluding carboxylic acids is 1. The number of rotatable bonds is 5. The summed E-state index contributed by atoms with van der Waals surface area (Å²) in [6.45, 7) is 5.83. The fraction of sp³-hybridized carbons (Fsp3) is 0.333. The molecular weight excluding hydrogens is 402 g/mol. The Morgan fingerprint density at radius 3 is 2.39 bits per heavy atom. The first-order chi connectivity index (χ1) is 14.8. The maximum absolute atomic E-state index is 13.2. The second-order valence-electron chi connectivity index (χ2n) is 7.16. The van der Waals surface area contributed by atoms with Crippen molar-refractivity contribution in [2.45, 2.75) is 27.3 Å². The van der Waals surface area contributed by atoms with E-state index in [9.17, 15) is 14.4 Å². The number of benzene rings is 1. The third kappa shape index (κ3) is 3.02. The molecule has 0 spiro atoms. The third-order valence-corrected chi connectivity index (χ3v) is 5.44. The molecule has 4 aromatic rings. The quantitative estimate of drug-likeness (QED) is 0.447. The smallest absolute Gasteiger partial charge is 0.333 e. The lowest BCUT2D eigenvalue weighted by Gasteiger charge is -2.08. The summed E-state index contributed by atoms with van der Waals surface area (Å²) < 4.78 is 15.9. The highest BCUT2D eigenvalue weighted by Gasteiger charge is 2.24. The minimum Gasteiger partial charge on any atom is -0.494 e. The van der Waals surface area contributed by atoms with Gasteiger partial charge in [-0.05, 0) is 45.0 Å². The molecule has 0 saturated carbocycles. The van der Waals surface area contributed by atoms with Crippen LogP contribution < -0.4 is 16.0 Å². The van der Waals surface area contributed by atoms with E-state index >= 15 is 0 Å². The molecule has 0 aliphatic carbocycles. The summed E-state index contributed by atoms with van der Waals surface area (Å²) in [4.78, 5) is 42.3. The monoisotopic (exact) mass is 425 g/mol. The molecule has 1 aromatic carbocycles. The number of methoxy groups -OCH3 is 1. The Balaban J connectivity index is 2.04. The zero-order chi connectivity index (χ0) is 22.4. The third-order valence-electron chi connectivity index (χ3n) is 5.44. The van der Waals surface area contributed by atoms with E-state index in [2.05, 4.69) is 9.72 Å². The van der Waals surface area contributed by atoms with Gasteiger partial charge >= 0.3 is 11.7 Å². The summed E-state index contributed by atoms with van der Waals surface area (Å²) in [6, 6.07) is 7.55. The second-order valence-corrected chi connectivity index (χ2v) is 7.16. The van der Waals surface area contributed by atoms with Crippen molar-refractivity contribution in [1.29, 1.82) is 0 Å². The Morgan fingerprint density at radius 2 is 1.77 bits per heavy atom. The molecule has 0 radical (unpaired) electrons. The second kappa shape index (κ2) is 7.46. The van der Waals surface area contributed by atoms with Crippen LogP contribution in [0.25, 0.3) is 22.6 Å². The normalized spacial score (nSPS) is 11.4. The van der Waals surface area contributed by atoms with Crippen molar-refractivity contribution in [3.8, 4) is 11.4 Å². The van der Waals surface area contributed by atoms with Crippen LogP contribution in [0, 0.1) is 13.8 Å². The van der Waals surface area contributed by atoms with Gasteiger partial charge in [0.1, 0.15) is 12.3 Å². The van der Waals surface area contributed by atoms with E-state index in [0.29, 0.717) is 12.4 Å². The van der Waals surface area contributed by atoms with Gasteiger partial charge in [0.25, 0.3) is 5.56 Å². The number of esters is 1. The van der Waals surface area contributed by atoms with Crippen LogP contribution >= 0.6 is 0 Å². The molecule has 0 unspecified atom stereocenters. The van der Waals surface area contributed by atoms with Crippen LogP contribution in [0.3, 0.4) is 0 Å². The number of hydrogen-bond donors (Lipinski definition) is 0. The van der Waals surface area contributed by atoms with Gasteiger partial charge in [0.05, 0.1) is 13.7 Å². The number of carbonyl (C=O) groups is 1. The average Bonchev–Trinajstić information content (AvgIpc) is 3.26. The topological polar surface area (TPSA) is 102 Å². The molecule has 4 rings (SSSR count). The minimum atomic E-state index is -0.681. The van der Waals surface area contributed by atoms with Crippen molar-refractivity contribution in [2.75, 3.05) is 13.7 Å². The van der Waals surface area contributed by atoms with Gasteiger partial charge in [0.2, 0.25) is 5.78 Å². The fourth-order valence-corrected chi connectivity index (χ4v) is 3.75. The van der Waals surface area contributed by atoms with E-state index in [-0.39, 0.29) is 11.2 Å². The van der Waals surface area contributed by atoms with E-state index in [1.54, 1.807) is 4.40 Å². The summed E-state index contributed by atoms with van der Waals surface area (Å²) in [5.74, 6) is 0.571. The minimum absolute atomic E-state index is 0.228. The summed E-state index contributed by atoms with van der Waals surface area (Å²) in [6.07, 6.45) is 0. The lowest BCUT2D eigenvalue weighted by atomic mass is 10.3. The van der Waals surface area contributed by atoms with Crippen molar-refractivity contribution in [3.63, 3.8) is 0 Å². The van der Waals surface area contributed by atoms with Gasteiger partial charge in [0, 0.05) is 24.1 Å². The molecule has 0 saturated heterocycles. The molecule has 0 atom stereocenters. The number of nitrogens with zero attached hydrogens (tertiary/aromatic N) is 5. The Hall–Kier alpha value is -3.82. The maximum Gasteiger partial charge on any atom is 0.333 e. The predicted octanol–water partition coefficient (Wildman–Crippen LogP) is 1.33. The van der Waals surface area contributed by atoms with Gasteiger partial charge in [-0.2, -0.15) is 4.98 Å². The van der Waals surface area contributed by atoms with Crippen molar-refractivity contribution in [2.24, 2.45) is 7.05 Å². The van der Waals surface area contributed by atoms with Crippen molar-refractivity contribution in [1.82, 2.24) is 23.1 Å². The molecule has 0 amide bonds. The first-order valence-electron chi connectivity index (χ1n) is 9.80. The van der Waals surface area contributed by atoms with Gasteiger partial charge in [-0.25, -0.2) is 9.36 Å². The van der Waals surface area contributed by atoms with Crippen LogP contribution in [0.15, 0.2) is 33.9 Å². The zero-order valence-electron chi connectivity index (χ0n) is 18.0. The van der Waals surface area contributed by atoms with E-state index in [1.807, 2.05) is 49.6 Å². The molecule has 0 aliphatic heterocycles. The fourth-order valence-electron chi connectivity index (χ4n) is 3.75. The number of aromatic nitrogens is 5. The number of imidazole rings is 2. The highest BCUT2D eigenvalue weighted by Crippen LogP contribution is 2.25. The van der Waals surface area contributed by atoms with E-state index in [0.717, 1.165) is 27.4 Å². The van der Waals surface area contributed by atoms with Crippen LogP contribution in [-0.4, -0.2) is 42.8 Å². The van der Waals surface area contributed by atoms with E-state index in [4.69, 9.17) is 4.74 Å². The highest BCUT2D eigenvalue weighted by molar-refractivity contribution is 5.78. The highest BCUT2D eigenvalue weighted by atomic mass is 16.5. The Bertz CT molecular complexity index is 1440. The first-order valence-corrected chi connectivity index (χ1v) is 9.80. The maximum atomic E-state index is 13.2. The SMILES string of the molecule is CCOc1ccc(-n2c(C)c(C)n3c4c(=O)n(CC(=O)OC)c(=O)n(C)c4nc23)cc1. The molecule has 0 N–H and O–H groups in total. The van der Waals surface area contributed by atoms with Crippen molar-refractivity contribution in [3.05, 3.63) is 56.5 Å². The largest absolute Gasteiger partial charge is 0.494 e. The summed E-state index contributed by atoms with van der Waals surface area (Å²) in [7, 11) is 2.73. The molecule has 0 fully saturated rings. The van der Waals surface area contributed by atoms with Gasteiger partial charge in [-0.15, -0.1) is 0 Å². The van der Waals surface area contributed by atoms with Crippen LogP contribution in [-0.2, 0) is 23.1 Å². The van der Waals surface area contributed by atoms with Gasteiger partial charge in [0.15, 0.2) is 11.2 Å². The first kappa shape index (κ1) is 20.5. The summed E-state index contributed by atoms with van der Waals surface area (Å²) >= 11 is 0. The molecule has 162 valence electrons. The molecule has 3 aromatic heterocycles. The van der Waals surface area contributed by atoms with E-state index < -0.39 is 23.8 Å². The number of fused-ring (bicyclic) bond motifs is 3. The summed E-state index contributed by atoms with van der Waals surface area (Å²) in [5.41, 5.74) is 1.77. The van der Waals surface area contributed by atoms with Gasteiger partial charge in [-0.1, -0.05) is 0 Å². The summed E-state index contributed by atoms with van der Waals surface area (Å²) in [5, 5.41) is 0. The average molecular weight is 425 g/mol. The molecule has 3 heterocycles. The standard InChI is InChI=1S/C21H23N5O5/c1-6-31-15-9-7-14(8-10-15)25-12(2)13(3)26-17-18(22-20(25)26)23(4)21(29)24(19(17)28)11-16(27)30-5/h7-10H,6,11H2,1-5H3. The molecule has 31 heavy (non-hydrogen) atoms. The zero-order valence-corrected chi connectivity index (χ0v) is 18.0. The number of ether oxygens (including phenoxy) is 2.